The lowest BCUT2D eigenvalue weighted by molar-refractivity contribution is 0.280. The predicted octanol–water partition coefficient (Wildman–Crippen LogP) is 2.08. The van der Waals surface area contributed by atoms with Crippen LogP contribution in [0.4, 0.5) is 4.39 Å². The molecule has 19 heavy (non-hydrogen) atoms. The van der Waals surface area contributed by atoms with Crippen LogP contribution in [-0.2, 0) is 6.61 Å². The number of hydrogen-bond acceptors (Lipinski definition) is 4. The Morgan fingerprint density at radius 3 is 2.74 bits per heavy atom. The first-order chi connectivity index (χ1) is 9.20. The van der Waals surface area contributed by atoms with Crippen LogP contribution in [0, 0.1) is 5.82 Å². The van der Waals surface area contributed by atoms with Crippen molar-refractivity contribution >= 4 is 21.7 Å². The van der Waals surface area contributed by atoms with E-state index in [1.807, 2.05) is 0 Å². The van der Waals surface area contributed by atoms with Gasteiger partial charge in [-0.05, 0) is 30.3 Å². The fraction of sp³-hybridized carbons (Fsp3) is 0.0769. The smallest absolute Gasteiger partial charge is 0.261 e. The number of aromatic nitrogens is 2. The van der Waals surface area contributed by atoms with Crippen molar-refractivity contribution in [2.24, 2.45) is 0 Å². The number of aliphatic hydroxyl groups is 1. The molecule has 0 saturated heterocycles. The first-order valence-corrected chi connectivity index (χ1v) is 6.43. The molecule has 0 spiro atoms. The quantitative estimate of drug-likeness (QED) is 0.779. The van der Waals surface area contributed by atoms with Crippen molar-refractivity contribution in [2.75, 3.05) is 0 Å². The number of aliphatic hydroxyl groups excluding tert-OH is 1. The lowest BCUT2D eigenvalue weighted by atomic mass is 10.2. The van der Waals surface area contributed by atoms with E-state index in [0.717, 1.165) is 0 Å². The number of fused-ring (bicyclic) bond motifs is 1. The summed E-state index contributed by atoms with van der Waals surface area (Å²) in [6.45, 7) is -0.354. The largest absolute Gasteiger partial charge is 0.391 e. The summed E-state index contributed by atoms with van der Waals surface area (Å²) in [5.41, 5.74) is 2.77. The number of thiazole rings is 1. The summed E-state index contributed by atoms with van der Waals surface area (Å²) in [6.07, 6.45) is 0. The zero-order valence-electron chi connectivity index (χ0n) is 9.71. The standard InChI is InChI=1S/C13H9FN2O2S/c14-9-1-3-10(4-2-9)16-12(18)8(6-17)5-11-13(16)19-7-15-11/h1-5,7,17H,6H2. The molecule has 0 atom stereocenters. The molecule has 96 valence electrons. The van der Waals surface area contributed by atoms with E-state index >= 15 is 0 Å². The fourth-order valence-corrected chi connectivity index (χ4v) is 2.71. The molecule has 6 heteroatoms. The Hall–Kier alpha value is -2.05. The number of hydrogen-bond donors (Lipinski definition) is 1. The topological polar surface area (TPSA) is 55.1 Å². The maximum atomic E-state index is 13.0. The van der Waals surface area contributed by atoms with Crippen LogP contribution in [0.5, 0.6) is 0 Å². The number of nitrogens with zero attached hydrogens (tertiary/aromatic N) is 2. The summed E-state index contributed by atoms with van der Waals surface area (Å²) < 4.78 is 14.4. The minimum Gasteiger partial charge on any atom is -0.391 e. The first-order valence-electron chi connectivity index (χ1n) is 5.55. The third-order valence-electron chi connectivity index (χ3n) is 2.82. The van der Waals surface area contributed by atoms with E-state index in [-0.39, 0.29) is 23.5 Å². The molecule has 0 aliphatic carbocycles. The van der Waals surface area contributed by atoms with Gasteiger partial charge < -0.3 is 5.11 Å². The maximum absolute atomic E-state index is 13.0. The van der Waals surface area contributed by atoms with Gasteiger partial charge in [-0.3, -0.25) is 9.36 Å². The van der Waals surface area contributed by atoms with Crippen LogP contribution in [0.2, 0.25) is 0 Å². The van der Waals surface area contributed by atoms with Crippen LogP contribution in [0.1, 0.15) is 5.56 Å². The molecular weight excluding hydrogens is 267 g/mol. The molecule has 2 heterocycles. The average Bonchev–Trinajstić information content (AvgIpc) is 2.87. The Kier molecular flexibility index (Phi) is 2.88. The molecule has 0 amide bonds. The third kappa shape index (κ3) is 1.94. The molecule has 0 aliphatic rings. The summed E-state index contributed by atoms with van der Waals surface area (Å²) in [4.78, 5) is 17.1. The van der Waals surface area contributed by atoms with Crippen LogP contribution in [-0.4, -0.2) is 14.7 Å². The highest BCUT2D eigenvalue weighted by Gasteiger charge is 2.12. The van der Waals surface area contributed by atoms with Crippen LogP contribution >= 0.6 is 11.3 Å². The van der Waals surface area contributed by atoms with Gasteiger partial charge in [0.1, 0.15) is 10.6 Å². The van der Waals surface area contributed by atoms with E-state index < -0.39 is 0 Å². The molecule has 0 bridgehead atoms. The van der Waals surface area contributed by atoms with E-state index in [2.05, 4.69) is 4.98 Å². The van der Waals surface area contributed by atoms with E-state index in [9.17, 15) is 14.3 Å². The molecule has 0 fully saturated rings. The van der Waals surface area contributed by atoms with Gasteiger partial charge in [0.25, 0.3) is 5.56 Å². The van der Waals surface area contributed by atoms with Crippen molar-refractivity contribution in [3.05, 3.63) is 57.6 Å². The summed E-state index contributed by atoms with van der Waals surface area (Å²) in [7, 11) is 0. The molecular formula is C13H9FN2O2S. The normalized spacial score (nSPS) is 11.1. The van der Waals surface area contributed by atoms with Gasteiger partial charge in [0.15, 0.2) is 0 Å². The van der Waals surface area contributed by atoms with Gasteiger partial charge in [-0.2, -0.15) is 0 Å². The molecule has 3 aromatic rings. The van der Waals surface area contributed by atoms with Crippen molar-refractivity contribution in [1.82, 2.24) is 9.55 Å². The zero-order valence-corrected chi connectivity index (χ0v) is 10.5. The van der Waals surface area contributed by atoms with Crippen LogP contribution in [0.25, 0.3) is 16.0 Å². The van der Waals surface area contributed by atoms with E-state index in [4.69, 9.17) is 0 Å². The summed E-state index contributed by atoms with van der Waals surface area (Å²) in [5.74, 6) is -0.365. The molecule has 3 rings (SSSR count). The van der Waals surface area contributed by atoms with E-state index in [0.29, 0.717) is 16.0 Å². The Balaban J connectivity index is 2.38. The summed E-state index contributed by atoms with van der Waals surface area (Å²) >= 11 is 1.32. The highest BCUT2D eigenvalue weighted by atomic mass is 32.1. The van der Waals surface area contributed by atoms with Crippen molar-refractivity contribution in [3.63, 3.8) is 0 Å². The number of rotatable bonds is 2. The lowest BCUT2D eigenvalue weighted by Crippen LogP contribution is -2.22. The van der Waals surface area contributed by atoms with Crippen LogP contribution in [0.15, 0.2) is 40.6 Å². The number of benzene rings is 1. The molecule has 1 N–H and O–H groups in total. The van der Waals surface area contributed by atoms with Crippen LogP contribution < -0.4 is 5.56 Å². The maximum Gasteiger partial charge on any atom is 0.261 e. The molecule has 0 radical (unpaired) electrons. The molecule has 1 aromatic carbocycles. The molecule has 0 aliphatic heterocycles. The molecule has 0 unspecified atom stereocenters. The lowest BCUT2D eigenvalue weighted by Gasteiger charge is -2.08. The van der Waals surface area contributed by atoms with E-state index in [1.165, 1.54) is 40.2 Å². The van der Waals surface area contributed by atoms with Gasteiger partial charge in [0, 0.05) is 5.56 Å². The Labute approximate surface area is 111 Å². The number of pyridine rings is 1. The van der Waals surface area contributed by atoms with Gasteiger partial charge in [-0.25, -0.2) is 9.37 Å². The Bertz CT molecular complexity index is 793. The second-order valence-corrected chi connectivity index (χ2v) is 4.82. The van der Waals surface area contributed by atoms with Crippen molar-refractivity contribution < 1.29 is 9.50 Å². The van der Waals surface area contributed by atoms with Gasteiger partial charge in [-0.1, -0.05) is 0 Å². The first kappa shape index (κ1) is 12.0. The fourth-order valence-electron chi connectivity index (χ4n) is 1.92. The monoisotopic (exact) mass is 276 g/mol. The summed E-state index contributed by atoms with van der Waals surface area (Å²) in [5, 5.41) is 9.23. The second-order valence-electron chi connectivity index (χ2n) is 3.99. The highest BCUT2D eigenvalue weighted by molar-refractivity contribution is 7.16. The van der Waals surface area contributed by atoms with Crippen molar-refractivity contribution in [3.8, 4) is 5.69 Å². The average molecular weight is 276 g/mol. The van der Waals surface area contributed by atoms with E-state index in [1.54, 1.807) is 11.6 Å². The molecule has 4 nitrogen and oxygen atoms in total. The van der Waals surface area contributed by atoms with Gasteiger partial charge >= 0.3 is 0 Å². The number of halogens is 1. The second kappa shape index (κ2) is 4.56. The van der Waals surface area contributed by atoms with Gasteiger partial charge in [-0.15, -0.1) is 11.3 Å². The minimum absolute atomic E-state index is 0.266. The SMILES string of the molecule is O=c1c(CO)cc2ncsc2n1-c1ccc(F)cc1. The third-order valence-corrected chi connectivity index (χ3v) is 3.65. The highest BCUT2D eigenvalue weighted by Crippen LogP contribution is 2.21. The Morgan fingerprint density at radius 1 is 1.32 bits per heavy atom. The summed E-state index contributed by atoms with van der Waals surface area (Å²) in [6, 6.07) is 7.21. The van der Waals surface area contributed by atoms with Gasteiger partial charge in [0.2, 0.25) is 0 Å². The van der Waals surface area contributed by atoms with Crippen LogP contribution in [0.3, 0.4) is 0 Å². The predicted molar refractivity (Wildman–Crippen MR) is 71.1 cm³/mol. The van der Waals surface area contributed by atoms with Crippen molar-refractivity contribution in [2.45, 2.75) is 6.61 Å². The minimum atomic E-state index is -0.365. The zero-order chi connectivity index (χ0) is 13.4. The molecule has 0 saturated carbocycles. The molecule has 2 aromatic heterocycles. The van der Waals surface area contributed by atoms with Crippen molar-refractivity contribution in [1.29, 1.82) is 0 Å². The Morgan fingerprint density at radius 2 is 2.05 bits per heavy atom. The van der Waals surface area contributed by atoms with Gasteiger partial charge in [0.05, 0.1) is 23.3 Å².